The molecule has 0 N–H and O–H groups in total. The molecule has 0 bridgehead atoms. The molecular weight excluding hydrogens is 198 g/mol. The molecule has 0 aromatic rings. The molecule has 0 fully saturated rings. The third-order valence-corrected chi connectivity index (χ3v) is 0. The molecule has 1 radical (unpaired) electrons. The second-order valence-electron chi connectivity index (χ2n) is 0. The van der Waals surface area contributed by atoms with Crippen molar-refractivity contribution in [3.63, 3.8) is 0 Å². The van der Waals surface area contributed by atoms with Gasteiger partial charge in [-0.1, -0.05) is 0 Å². The van der Waals surface area contributed by atoms with Crippen molar-refractivity contribution in [2.45, 2.75) is 0 Å². The monoisotopic (exact) mass is 201 g/mol. The van der Waals surface area contributed by atoms with Crippen LogP contribution in [-0.2, 0) is 50.6 Å². The van der Waals surface area contributed by atoms with Crippen LogP contribution in [0.4, 0.5) is 0 Å². The van der Waals surface area contributed by atoms with E-state index in [2.05, 4.69) is 0 Å². The van der Waals surface area contributed by atoms with Crippen LogP contribution in [0.3, 0.4) is 0 Å². The van der Waals surface area contributed by atoms with E-state index in [9.17, 15) is 0 Å². The zero-order valence-electron chi connectivity index (χ0n) is 1.06. The van der Waals surface area contributed by atoms with Crippen molar-refractivity contribution in [3.05, 3.63) is 0 Å². The maximum Gasteiger partial charge on any atom is 0 e. The summed E-state index contributed by atoms with van der Waals surface area (Å²) in [6.45, 7) is 0. The first-order valence-corrected chi connectivity index (χ1v) is 0. The van der Waals surface area contributed by atoms with Crippen molar-refractivity contribution in [1.29, 1.82) is 0 Å². The average Bonchev–Trinajstić information content (AvgIpc) is 0. The molecule has 0 saturated heterocycles. The maximum atomic E-state index is 0. The van der Waals surface area contributed by atoms with Gasteiger partial charge in [0.1, 0.15) is 0 Å². The molecule has 0 unspecified atom stereocenters. The Morgan fingerprint density at radius 1 is 1.00 bits per heavy atom. The van der Waals surface area contributed by atoms with Crippen LogP contribution < -0.4 is 0 Å². The third-order valence-electron chi connectivity index (χ3n) is 0. The summed E-state index contributed by atoms with van der Waals surface area (Å²) < 4.78 is 0. The summed E-state index contributed by atoms with van der Waals surface area (Å²) in [6.07, 6.45) is 0. The Hall–Kier alpha value is 1.75. The fourth-order valence-electron chi connectivity index (χ4n) is 0. The van der Waals surface area contributed by atoms with Crippen LogP contribution in [0.5, 0.6) is 0 Å². The first-order valence-electron chi connectivity index (χ1n) is 0. The Morgan fingerprint density at radius 3 is 1.00 bits per heavy atom. The maximum absolute atomic E-state index is 0. The van der Waals surface area contributed by atoms with Gasteiger partial charge in [0.2, 0.25) is 0 Å². The predicted molar refractivity (Wildman–Crippen MR) is 11.3 cm³/mol. The van der Waals surface area contributed by atoms with Crippen LogP contribution in [0.25, 0.3) is 0 Å². The molecule has 0 aliphatic carbocycles. The van der Waals surface area contributed by atoms with Crippen LogP contribution in [0, 0.1) is 0 Å². The van der Waals surface area contributed by atoms with Crippen molar-refractivity contribution < 1.29 is 50.6 Å². The normalized spacial score (nSPS) is 0. The molecule has 0 rings (SSSR count). The van der Waals surface area contributed by atoms with E-state index in [1.165, 1.54) is 0 Å². The molecule has 0 aromatic heterocycles. The van der Waals surface area contributed by atoms with E-state index in [-0.39, 0.29) is 61.6 Å². The van der Waals surface area contributed by atoms with Gasteiger partial charge in [-0.25, -0.2) is 0 Å². The van der Waals surface area contributed by atoms with E-state index in [4.69, 9.17) is 0 Å². The fraction of sp³-hybridized carbons (Fsp3) is 0. The van der Waals surface area contributed by atoms with Gasteiger partial charge >= 0.3 is 0 Å². The van der Waals surface area contributed by atoms with E-state index in [0.29, 0.717) is 0 Å². The van der Waals surface area contributed by atoms with Crippen molar-refractivity contribution in [3.8, 4) is 0 Å². The molecule has 4 heteroatoms. The Balaban J connectivity index is 0. The van der Waals surface area contributed by atoms with Crippen LogP contribution in [0.15, 0.2) is 0 Å². The Labute approximate surface area is 61.4 Å². The zero-order valence-corrected chi connectivity index (χ0v) is 4.36. The summed E-state index contributed by atoms with van der Waals surface area (Å²) in [7, 11) is 0. The quantitative estimate of drug-likeness (QED) is 0.421. The van der Waals surface area contributed by atoms with Crippen LogP contribution in [0.2, 0.25) is 0 Å². The molecule has 33 valence electrons. The van der Waals surface area contributed by atoms with Gasteiger partial charge in [0.25, 0.3) is 0 Å². The zero-order chi connectivity index (χ0) is 0. The molecule has 0 nitrogen and oxygen atoms in total. The first-order chi connectivity index (χ1) is 0. The van der Waals surface area contributed by atoms with Crippen LogP contribution in [-0.4, -0.2) is 11.0 Å². The molecule has 0 amide bonds. The van der Waals surface area contributed by atoms with Gasteiger partial charge in [0.15, 0.2) is 0 Å². The molecule has 0 aliphatic rings. The Morgan fingerprint density at radius 2 is 1.00 bits per heavy atom. The van der Waals surface area contributed by atoms with Gasteiger partial charge in [0.05, 0.1) is 0 Å². The van der Waals surface area contributed by atoms with Crippen molar-refractivity contribution in [1.82, 2.24) is 0 Å². The van der Waals surface area contributed by atoms with Crippen molar-refractivity contribution in [2.24, 2.45) is 0 Å². The Bertz CT molecular complexity index is 8.00. The summed E-state index contributed by atoms with van der Waals surface area (Å²) in [5, 5.41) is 0. The van der Waals surface area contributed by atoms with Gasteiger partial charge < -0.3 is 0 Å². The summed E-state index contributed by atoms with van der Waals surface area (Å²) in [4.78, 5) is 0. The van der Waals surface area contributed by atoms with Gasteiger partial charge in [-0.05, 0) is 11.0 Å². The largest absolute Gasteiger partial charge is 0.0149 e. The summed E-state index contributed by atoms with van der Waals surface area (Å²) >= 11 is 0. The van der Waals surface area contributed by atoms with Crippen molar-refractivity contribution >= 4 is 11.0 Å². The topological polar surface area (TPSA) is 0 Å². The molecule has 0 aliphatic heterocycles. The fourth-order valence-corrected chi connectivity index (χ4v) is 0. The van der Waals surface area contributed by atoms with E-state index < -0.39 is 0 Å². The van der Waals surface area contributed by atoms with Crippen LogP contribution in [0.1, 0.15) is 0 Å². The first kappa shape index (κ1) is 42.4. The molecule has 0 spiro atoms. The van der Waals surface area contributed by atoms with Gasteiger partial charge in [-0.2, -0.15) is 0 Å². The minimum Gasteiger partial charge on any atom is -0.0149 e. The van der Waals surface area contributed by atoms with E-state index in [1.807, 2.05) is 0 Å². The standard InChI is InChI=1S/Co.Cr.Ni.H4Si/h;;;1H4. The molecule has 4 heavy (non-hydrogen) atoms. The number of hydrogen-bond acceptors (Lipinski definition) is 0. The molecule has 0 saturated carbocycles. The second-order valence-corrected chi connectivity index (χ2v) is 0. The smallest absolute Gasteiger partial charge is 0 e. The minimum atomic E-state index is 0. The number of hydrogen-bond donors (Lipinski definition) is 0. The van der Waals surface area contributed by atoms with Gasteiger partial charge in [-0.3, -0.25) is 0 Å². The molecule has 0 atom stereocenters. The third kappa shape index (κ3) is 9.26. The van der Waals surface area contributed by atoms with E-state index >= 15 is 0 Å². The summed E-state index contributed by atoms with van der Waals surface area (Å²) in [6, 6.07) is 0. The Kier molecular flexibility index (Phi) is 231. The van der Waals surface area contributed by atoms with Gasteiger partial charge in [0, 0.05) is 50.6 Å². The average molecular weight is 202 g/mol. The molecule has 0 aromatic carbocycles. The second kappa shape index (κ2) is 21.8. The van der Waals surface area contributed by atoms with Gasteiger partial charge in [-0.15, -0.1) is 0 Å². The summed E-state index contributed by atoms with van der Waals surface area (Å²) in [5.41, 5.74) is 0. The van der Waals surface area contributed by atoms with E-state index in [1.54, 1.807) is 0 Å². The molecule has 0 heterocycles. The van der Waals surface area contributed by atoms with Crippen LogP contribution >= 0.6 is 0 Å². The predicted octanol–water partition coefficient (Wildman–Crippen LogP) is -1.46. The summed E-state index contributed by atoms with van der Waals surface area (Å²) in [5.74, 6) is 0. The number of rotatable bonds is 0. The van der Waals surface area contributed by atoms with E-state index in [0.717, 1.165) is 0 Å². The SMILES string of the molecule is [Co].[Cr].[Ni].[SiH4]. The minimum absolute atomic E-state index is 0. The molecular formula is H4CoCrNiSi. The van der Waals surface area contributed by atoms with Crippen molar-refractivity contribution in [2.75, 3.05) is 0 Å².